The molecule has 0 spiro atoms. The van der Waals surface area contributed by atoms with E-state index in [9.17, 15) is 4.79 Å². The van der Waals surface area contributed by atoms with Crippen molar-refractivity contribution in [3.63, 3.8) is 0 Å². The lowest BCUT2D eigenvalue weighted by Crippen LogP contribution is -2.13. The minimum Gasteiger partial charge on any atom is -0.494 e. The third-order valence-corrected chi connectivity index (χ3v) is 3.85. The van der Waals surface area contributed by atoms with E-state index in [1.54, 1.807) is 37.1 Å². The third kappa shape index (κ3) is 4.72. The van der Waals surface area contributed by atoms with Gasteiger partial charge in [-0.15, -0.1) is 11.8 Å². The summed E-state index contributed by atoms with van der Waals surface area (Å²) >= 11 is 1.66. The topological polar surface area (TPSA) is 64.3 Å². The number of hydrogen-bond donors (Lipinski definition) is 2. The van der Waals surface area contributed by atoms with Crippen LogP contribution in [-0.2, 0) is 4.79 Å². The Morgan fingerprint density at radius 3 is 2.71 bits per heavy atom. The predicted octanol–water partition coefficient (Wildman–Crippen LogP) is 3.40. The summed E-state index contributed by atoms with van der Waals surface area (Å²) in [6, 6.07) is 15.2. The number of benzene rings is 2. The molecule has 2 aromatic carbocycles. The van der Waals surface area contributed by atoms with Crippen LogP contribution in [-0.4, -0.2) is 18.8 Å². The molecule has 0 aliphatic heterocycles. The van der Waals surface area contributed by atoms with Gasteiger partial charge in [-0.25, -0.2) is 0 Å². The van der Waals surface area contributed by atoms with E-state index in [1.807, 2.05) is 30.3 Å². The molecule has 0 atom stereocenters. The number of nitrogens with two attached hydrogens (primary N) is 1. The number of carbonyl (C=O) groups excluding carboxylic acids is 1. The van der Waals surface area contributed by atoms with Crippen LogP contribution in [0, 0.1) is 0 Å². The highest BCUT2D eigenvalue weighted by molar-refractivity contribution is 7.99. The molecule has 2 rings (SSSR count). The normalized spacial score (nSPS) is 10.1. The maximum atomic E-state index is 11.9. The molecule has 0 unspecified atom stereocenters. The molecule has 0 aromatic heterocycles. The van der Waals surface area contributed by atoms with E-state index in [0.717, 1.165) is 10.6 Å². The molecule has 1 amide bonds. The molecule has 0 bridgehead atoms. The van der Waals surface area contributed by atoms with Crippen LogP contribution in [0.15, 0.2) is 53.4 Å². The summed E-state index contributed by atoms with van der Waals surface area (Å²) < 4.78 is 5.20. The van der Waals surface area contributed by atoms with E-state index in [4.69, 9.17) is 10.5 Å². The van der Waals surface area contributed by atoms with Gasteiger partial charge in [-0.2, -0.15) is 0 Å². The fourth-order valence-corrected chi connectivity index (χ4v) is 2.67. The second-order valence-corrected chi connectivity index (χ2v) is 5.59. The quantitative estimate of drug-likeness (QED) is 0.634. The number of amides is 1. The van der Waals surface area contributed by atoms with Crippen molar-refractivity contribution in [1.29, 1.82) is 0 Å². The Balaban J connectivity index is 1.85. The van der Waals surface area contributed by atoms with E-state index in [1.165, 1.54) is 0 Å². The first-order valence-electron chi connectivity index (χ1n) is 6.60. The molecule has 5 heteroatoms. The Morgan fingerprint density at radius 2 is 2.00 bits per heavy atom. The van der Waals surface area contributed by atoms with Crippen molar-refractivity contribution in [2.45, 2.75) is 11.3 Å². The summed E-state index contributed by atoms with van der Waals surface area (Å²) in [7, 11) is 1.55. The van der Waals surface area contributed by atoms with Gasteiger partial charge < -0.3 is 15.8 Å². The van der Waals surface area contributed by atoms with Crippen LogP contribution in [0.25, 0.3) is 0 Å². The molecule has 0 radical (unpaired) electrons. The summed E-state index contributed by atoms with van der Waals surface area (Å²) in [5.41, 5.74) is 6.92. The van der Waals surface area contributed by atoms with Crippen molar-refractivity contribution in [3.05, 3.63) is 48.5 Å². The third-order valence-electron chi connectivity index (χ3n) is 2.84. The van der Waals surface area contributed by atoms with Gasteiger partial charge in [0, 0.05) is 28.8 Å². The largest absolute Gasteiger partial charge is 0.494 e. The Labute approximate surface area is 128 Å². The zero-order chi connectivity index (χ0) is 15.1. The number of thioether (sulfide) groups is 1. The Bertz CT molecular complexity index is 602. The molecule has 0 fully saturated rings. The number of hydrogen-bond acceptors (Lipinski definition) is 4. The SMILES string of the molecule is COc1cc(N)ccc1NC(=O)CCSc1ccccc1. The van der Waals surface area contributed by atoms with E-state index in [2.05, 4.69) is 5.32 Å². The summed E-state index contributed by atoms with van der Waals surface area (Å²) in [4.78, 5) is 13.1. The molecular weight excluding hydrogens is 284 g/mol. The van der Waals surface area contributed by atoms with Crippen LogP contribution < -0.4 is 15.8 Å². The van der Waals surface area contributed by atoms with Crippen molar-refractivity contribution in [3.8, 4) is 5.75 Å². The average molecular weight is 302 g/mol. The van der Waals surface area contributed by atoms with Crippen molar-refractivity contribution in [2.75, 3.05) is 23.9 Å². The Kier molecular flexibility index (Phi) is 5.51. The van der Waals surface area contributed by atoms with E-state index >= 15 is 0 Å². The molecule has 0 aliphatic carbocycles. The fourth-order valence-electron chi connectivity index (χ4n) is 1.80. The lowest BCUT2D eigenvalue weighted by atomic mass is 10.2. The number of nitrogen functional groups attached to an aromatic ring is 1. The van der Waals surface area contributed by atoms with Crippen molar-refractivity contribution in [2.24, 2.45) is 0 Å². The summed E-state index contributed by atoms with van der Waals surface area (Å²) in [6.45, 7) is 0. The van der Waals surface area contributed by atoms with Crippen LogP contribution in [0.2, 0.25) is 0 Å². The highest BCUT2D eigenvalue weighted by atomic mass is 32.2. The maximum absolute atomic E-state index is 11.9. The number of ether oxygens (including phenoxy) is 1. The molecule has 4 nitrogen and oxygen atoms in total. The second kappa shape index (κ2) is 7.59. The predicted molar refractivity (Wildman–Crippen MR) is 87.8 cm³/mol. The van der Waals surface area contributed by atoms with Gasteiger partial charge >= 0.3 is 0 Å². The lowest BCUT2D eigenvalue weighted by Gasteiger charge is -2.10. The number of anilines is 2. The fraction of sp³-hybridized carbons (Fsp3) is 0.188. The van der Waals surface area contributed by atoms with Crippen LogP contribution in [0.5, 0.6) is 5.75 Å². The molecule has 2 aromatic rings. The van der Waals surface area contributed by atoms with Gasteiger partial charge in [0.2, 0.25) is 5.91 Å². The Hall–Kier alpha value is -2.14. The molecule has 0 heterocycles. The lowest BCUT2D eigenvalue weighted by molar-refractivity contribution is -0.115. The van der Waals surface area contributed by atoms with Gasteiger partial charge in [-0.05, 0) is 24.3 Å². The number of rotatable bonds is 6. The maximum Gasteiger partial charge on any atom is 0.225 e. The first kappa shape index (κ1) is 15.3. The first-order chi connectivity index (χ1) is 10.2. The van der Waals surface area contributed by atoms with Gasteiger partial charge in [-0.1, -0.05) is 18.2 Å². The first-order valence-corrected chi connectivity index (χ1v) is 7.59. The van der Waals surface area contributed by atoms with Crippen molar-refractivity contribution >= 4 is 29.0 Å². The van der Waals surface area contributed by atoms with Crippen molar-refractivity contribution in [1.82, 2.24) is 0 Å². The monoisotopic (exact) mass is 302 g/mol. The van der Waals surface area contributed by atoms with Gasteiger partial charge in [0.05, 0.1) is 12.8 Å². The van der Waals surface area contributed by atoms with E-state index in [-0.39, 0.29) is 5.91 Å². The molecule has 0 aliphatic rings. The number of methoxy groups -OCH3 is 1. The van der Waals surface area contributed by atoms with Crippen LogP contribution in [0.1, 0.15) is 6.42 Å². The second-order valence-electron chi connectivity index (χ2n) is 4.42. The summed E-state index contributed by atoms with van der Waals surface area (Å²) in [5, 5.41) is 2.84. The minimum absolute atomic E-state index is 0.0403. The average Bonchev–Trinajstić information content (AvgIpc) is 2.50. The van der Waals surface area contributed by atoms with Crippen LogP contribution in [0.3, 0.4) is 0 Å². The van der Waals surface area contributed by atoms with Gasteiger partial charge in [-0.3, -0.25) is 4.79 Å². The zero-order valence-electron chi connectivity index (χ0n) is 11.8. The van der Waals surface area contributed by atoms with E-state index < -0.39 is 0 Å². The molecule has 0 saturated carbocycles. The minimum atomic E-state index is -0.0403. The molecule has 0 saturated heterocycles. The zero-order valence-corrected chi connectivity index (χ0v) is 12.7. The molecule has 3 N–H and O–H groups in total. The van der Waals surface area contributed by atoms with Crippen LogP contribution in [0.4, 0.5) is 11.4 Å². The molecule has 110 valence electrons. The number of carbonyl (C=O) groups is 1. The van der Waals surface area contributed by atoms with Crippen molar-refractivity contribution < 1.29 is 9.53 Å². The summed E-state index contributed by atoms with van der Waals surface area (Å²) in [6.07, 6.45) is 0.438. The molecule has 21 heavy (non-hydrogen) atoms. The smallest absolute Gasteiger partial charge is 0.225 e. The highest BCUT2D eigenvalue weighted by Crippen LogP contribution is 2.27. The standard InChI is InChI=1S/C16H18N2O2S/c1-20-15-11-12(17)7-8-14(15)18-16(19)9-10-21-13-5-3-2-4-6-13/h2-8,11H,9-10,17H2,1H3,(H,18,19). The van der Waals surface area contributed by atoms with Crippen LogP contribution >= 0.6 is 11.8 Å². The van der Waals surface area contributed by atoms with Gasteiger partial charge in [0.25, 0.3) is 0 Å². The van der Waals surface area contributed by atoms with E-state index in [0.29, 0.717) is 23.5 Å². The highest BCUT2D eigenvalue weighted by Gasteiger charge is 2.08. The van der Waals surface area contributed by atoms with Gasteiger partial charge in [0.1, 0.15) is 5.75 Å². The summed E-state index contributed by atoms with van der Waals surface area (Å²) in [5.74, 6) is 1.26. The number of nitrogens with one attached hydrogen (secondary N) is 1. The molecular formula is C16H18N2O2S. The van der Waals surface area contributed by atoms with Gasteiger partial charge in [0.15, 0.2) is 0 Å². The Morgan fingerprint density at radius 1 is 1.24 bits per heavy atom.